The summed E-state index contributed by atoms with van der Waals surface area (Å²) in [4.78, 5) is 0. The first-order valence-corrected chi connectivity index (χ1v) is 10.3. The van der Waals surface area contributed by atoms with Gasteiger partial charge in [-0.15, -0.1) is 0 Å². The lowest BCUT2D eigenvalue weighted by atomic mass is 10.1. The standard InChI is InChI=1S/C14H21O2PSi/c1-12-6-3-7-14(13(12)2)18-17(10-4-8-15)11-5-9-16/h3-7,10-11,15-16H,8-9,18H2,1-2H3. The van der Waals surface area contributed by atoms with Crippen molar-refractivity contribution in [2.24, 2.45) is 0 Å². The SMILES string of the molecule is Cc1cccc([SiH2]P(C=CCO)C=CCO)c1C. The number of aliphatic hydroxyl groups is 2. The van der Waals surface area contributed by atoms with Crippen LogP contribution < -0.4 is 5.19 Å². The van der Waals surface area contributed by atoms with E-state index < -0.39 is 9.19 Å². The molecule has 0 aliphatic rings. The first-order valence-electron chi connectivity index (χ1n) is 6.05. The van der Waals surface area contributed by atoms with Crippen LogP contribution in [-0.2, 0) is 0 Å². The average Bonchev–Trinajstić information content (AvgIpc) is 2.38. The van der Waals surface area contributed by atoms with Crippen molar-refractivity contribution in [1.82, 2.24) is 0 Å². The van der Waals surface area contributed by atoms with Gasteiger partial charge in [0.15, 0.2) is 0 Å². The number of aliphatic hydroxyl groups excluding tert-OH is 2. The van der Waals surface area contributed by atoms with E-state index in [0.29, 0.717) is 0 Å². The zero-order valence-corrected chi connectivity index (χ0v) is 13.3. The molecule has 2 nitrogen and oxygen atoms in total. The third kappa shape index (κ3) is 4.87. The van der Waals surface area contributed by atoms with E-state index in [-0.39, 0.29) is 20.7 Å². The molecule has 0 radical (unpaired) electrons. The van der Waals surface area contributed by atoms with Crippen LogP contribution in [0.5, 0.6) is 0 Å². The van der Waals surface area contributed by atoms with E-state index in [1.165, 1.54) is 16.3 Å². The Hall–Kier alpha value is -0.733. The Kier molecular flexibility index (Phi) is 7.14. The molecular weight excluding hydrogens is 259 g/mol. The van der Waals surface area contributed by atoms with Gasteiger partial charge >= 0.3 is 0 Å². The molecule has 0 fully saturated rings. The van der Waals surface area contributed by atoms with Crippen LogP contribution in [0.2, 0.25) is 0 Å². The number of aryl methyl sites for hydroxylation is 1. The average molecular weight is 280 g/mol. The Morgan fingerprint density at radius 2 is 1.72 bits per heavy atom. The van der Waals surface area contributed by atoms with E-state index in [9.17, 15) is 0 Å². The van der Waals surface area contributed by atoms with Crippen LogP contribution in [0.3, 0.4) is 0 Å². The Labute approximate surface area is 112 Å². The first-order chi connectivity index (χ1) is 8.69. The highest BCUT2D eigenvalue weighted by Gasteiger charge is 2.06. The number of rotatable bonds is 6. The van der Waals surface area contributed by atoms with Crippen LogP contribution in [0, 0.1) is 13.8 Å². The molecule has 0 atom stereocenters. The fourth-order valence-corrected chi connectivity index (χ4v) is 7.63. The monoisotopic (exact) mass is 280 g/mol. The molecule has 1 rings (SSSR count). The number of hydrogen-bond donors (Lipinski definition) is 2. The fourth-order valence-electron chi connectivity index (χ4n) is 1.70. The quantitative estimate of drug-likeness (QED) is 0.612. The molecule has 4 heteroatoms. The summed E-state index contributed by atoms with van der Waals surface area (Å²) in [5.74, 6) is 4.21. The molecule has 0 spiro atoms. The first kappa shape index (κ1) is 15.3. The van der Waals surface area contributed by atoms with Gasteiger partial charge in [-0.3, -0.25) is 0 Å². The lowest BCUT2D eigenvalue weighted by Crippen LogP contribution is -2.16. The number of benzene rings is 1. The minimum atomic E-state index is -0.419. The van der Waals surface area contributed by atoms with Crippen molar-refractivity contribution in [3.05, 3.63) is 53.1 Å². The molecule has 0 unspecified atom stereocenters. The molecule has 0 bridgehead atoms. The maximum absolute atomic E-state index is 8.87. The van der Waals surface area contributed by atoms with Gasteiger partial charge in [0.1, 0.15) is 0 Å². The largest absolute Gasteiger partial charge is 0.392 e. The van der Waals surface area contributed by atoms with E-state index in [1.807, 2.05) is 12.2 Å². The molecule has 0 saturated carbocycles. The predicted octanol–water partition coefficient (Wildman–Crippen LogP) is 1.51. The van der Waals surface area contributed by atoms with Gasteiger partial charge in [0.25, 0.3) is 0 Å². The highest BCUT2D eigenvalue weighted by molar-refractivity contribution is 7.92. The molecule has 1 aromatic rings. The summed E-state index contributed by atoms with van der Waals surface area (Å²) >= 11 is 0. The Morgan fingerprint density at radius 3 is 2.28 bits per heavy atom. The van der Waals surface area contributed by atoms with Gasteiger partial charge in [-0.05, 0) is 25.0 Å². The van der Waals surface area contributed by atoms with E-state index in [1.54, 1.807) is 0 Å². The van der Waals surface area contributed by atoms with Crippen molar-refractivity contribution in [2.75, 3.05) is 13.2 Å². The second-order valence-corrected chi connectivity index (χ2v) is 10.0. The molecule has 18 heavy (non-hydrogen) atoms. The minimum absolute atomic E-state index is 0.0903. The molecule has 98 valence electrons. The number of hydrogen-bond acceptors (Lipinski definition) is 2. The molecule has 0 aromatic heterocycles. The van der Waals surface area contributed by atoms with Crippen LogP contribution >= 0.6 is 7.47 Å². The lowest BCUT2D eigenvalue weighted by molar-refractivity contribution is 0.343. The van der Waals surface area contributed by atoms with Crippen molar-refractivity contribution in [3.63, 3.8) is 0 Å². The van der Waals surface area contributed by atoms with Crippen LogP contribution in [0.15, 0.2) is 42.0 Å². The Bertz CT molecular complexity index is 416. The molecule has 0 aliphatic heterocycles. The summed E-state index contributed by atoms with van der Waals surface area (Å²) in [6.45, 7) is 4.50. The van der Waals surface area contributed by atoms with E-state index in [0.717, 1.165) is 0 Å². The third-order valence-electron chi connectivity index (χ3n) is 2.87. The van der Waals surface area contributed by atoms with E-state index in [4.69, 9.17) is 10.2 Å². The zero-order chi connectivity index (χ0) is 13.4. The zero-order valence-electron chi connectivity index (χ0n) is 11.0. The van der Waals surface area contributed by atoms with Crippen molar-refractivity contribution >= 4 is 21.8 Å². The molecule has 1 aromatic carbocycles. The highest BCUT2D eigenvalue weighted by atomic mass is 31.4. The molecule has 0 saturated heterocycles. The smallest absolute Gasteiger partial charge is 0.0914 e. The van der Waals surface area contributed by atoms with Crippen LogP contribution in [-0.4, -0.2) is 32.6 Å². The van der Waals surface area contributed by atoms with E-state index >= 15 is 0 Å². The van der Waals surface area contributed by atoms with Gasteiger partial charge in [0.05, 0.1) is 22.4 Å². The predicted molar refractivity (Wildman–Crippen MR) is 83.5 cm³/mol. The summed E-state index contributed by atoms with van der Waals surface area (Å²) in [6, 6.07) is 6.47. The topological polar surface area (TPSA) is 40.5 Å². The van der Waals surface area contributed by atoms with Gasteiger partial charge in [-0.2, -0.15) is 0 Å². The minimum Gasteiger partial charge on any atom is -0.392 e. The normalized spacial score (nSPS) is 14.2. The van der Waals surface area contributed by atoms with Crippen LogP contribution in [0.4, 0.5) is 0 Å². The summed E-state index contributed by atoms with van der Waals surface area (Å²) < 4.78 is 0. The van der Waals surface area contributed by atoms with Gasteiger partial charge < -0.3 is 10.2 Å². The van der Waals surface area contributed by atoms with E-state index in [2.05, 4.69) is 43.7 Å². The third-order valence-corrected chi connectivity index (χ3v) is 8.92. The second kappa shape index (κ2) is 8.38. The van der Waals surface area contributed by atoms with Gasteiger partial charge in [-0.25, -0.2) is 0 Å². The summed E-state index contributed by atoms with van der Waals surface area (Å²) in [5.41, 5.74) is 2.73. The highest BCUT2D eigenvalue weighted by Crippen LogP contribution is 2.36. The molecule has 0 amide bonds. The summed E-state index contributed by atoms with van der Waals surface area (Å²) in [6.07, 6.45) is 3.62. The summed E-state index contributed by atoms with van der Waals surface area (Å²) in [7, 11) is -0.739. The molecule has 0 heterocycles. The van der Waals surface area contributed by atoms with Crippen molar-refractivity contribution in [2.45, 2.75) is 13.8 Å². The molecule has 2 N–H and O–H groups in total. The maximum Gasteiger partial charge on any atom is 0.0914 e. The lowest BCUT2D eigenvalue weighted by Gasteiger charge is -2.12. The fraction of sp³-hybridized carbons (Fsp3) is 0.286. The van der Waals surface area contributed by atoms with Gasteiger partial charge in [0.2, 0.25) is 0 Å². The molecule has 0 aliphatic carbocycles. The van der Waals surface area contributed by atoms with Crippen LogP contribution in [0.1, 0.15) is 11.1 Å². The van der Waals surface area contributed by atoms with Crippen molar-refractivity contribution in [1.29, 1.82) is 0 Å². The second-order valence-electron chi connectivity index (χ2n) is 4.17. The van der Waals surface area contributed by atoms with Crippen LogP contribution in [0.25, 0.3) is 0 Å². The van der Waals surface area contributed by atoms with Gasteiger partial charge in [-0.1, -0.05) is 54.6 Å². The molecular formula is C14H21O2PSi. The Balaban J connectivity index is 2.85. The summed E-state index contributed by atoms with van der Waals surface area (Å²) in [5, 5.41) is 19.2. The van der Waals surface area contributed by atoms with Crippen molar-refractivity contribution in [3.8, 4) is 0 Å². The van der Waals surface area contributed by atoms with Crippen molar-refractivity contribution < 1.29 is 10.2 Å². The Morgan fingerprint density at radius 1 is 1.11 bits per heavy atom. The van der Waals surface area contributed by atoms with Gasteiger partial charge in [0, 0.05) is 0 Å². The maximum atomic E-state index is 8.87.